The summed E-state index contributed by atoms with van der Waals surface area (Å²) in [5.41, 5.74) is 0. The molecule has 2 atom stereocenters. The van der Waals surface area contributed by atoms with Gasteiger partial charge >= 0.3 is 12.0 Å². The molecule has 0 radical (unpaired) electrons. The summed E-state index contributed by atoms with van der Waals surface area (Å²) in [6, 6.07) is -1.39. The Bertz CT molecular complexity index is 477. The van der Waals surface area contributed by atoms with Crippen LogP contribution in [0.2, 0.25) is 0 Å². The lowest BCUT2D eigenvalue weighted by Gasteiger charge is -2.29. The quantitative estimate of drug-likeness (QED) is 0.750. The van der Waals surface area contributed by atoms with Crippen molar-refractivity contribution >= 4 is 33.6 Å². The summed E-state index contributed by atoms with van der Waals surface area (Å²) in [5.74, 6) is -0.745. The highest BCUT2D eigenvalue weighted by molar-refractivity contribution is 8.00. The standard InChI is InChI=1S/C11H20N2O5S2/c1-7(2)9-13(8(6-19-9)10(14)15)11(16)12-4-5-20(3,17)18/h7-9H,4-6H2,1-3H3,(H,12,16)(H,14,15). The Morgan fingerprint density at radius 3 is 2.50 bits per heavy atom. The third-order valence-corrected chi connectivity index (χ3v) is 5.44. The van der Waals surface area contributed by atoms with E-state index in [1.165, 1.54) is 16.7 Å². The smallest absolute Gasteiger partial charge is 0.327 e. The average Bonchev–Trinajstić information content (AvgIpc) is 2.71. The number of rotatable bonds is 5. The second-order valence-corrected chi connectivity index (χ2v) is 8.50. The Kier molecular flexibility index (Phi) is 5.69. The second kappa shape index (κ2) is 6.66. The predicted molar refractivity (Wildman–Crippen MR) is 77.5 cm³/mol. The molecule has 1 saturated heterocycles. The van der Waals surface area contributed by atoms with E-state index >= 15 is 0 Å². The number of nitrogens with one attached hydrogen (secondary N) is 1. The number of urea groups is 1. The monoisotopic (exact) mass is 324 g/mol. The minimum Gasteiger partial charge on any atom is -0.480 e. The van der Waals surface area contributed by atoms with Crippen LogP contribution in [-0.2, 0) is 14.6 Å². The summed E-state index contributed by atoms with van der Waals surface area (Å²) < 4.78 is 22.0. The highest BCUT2D eigenvalue weighted by Gasteiger charge is 2.42. The van der Waals surface area contributed by atoms with Crippen LogP contribution < -0.4 is 5.32 Å². The van der Waals surface area contributed by atoms with Gasteiger partial charge in [-0.15, -0.1) is 11.8 Å². The number of thioether (sulfide) groups is 1. The molecular formula is C11H20N2O5S2. The van der Waals surface area contributed by atoms with E-state index in [0.717, 1.165) is 6.26 Å². The van der Waals surface area contributed by atoms with Crippen molar-refractivity contribution in [2.24, 2.45) is 5.92 Å². The minimum atomic E-state index is -3.16. The van der Waals surface area contributed by atoms with Crippen LogP contribution in [0, 0.1) is 5.92 Å². The third kappa shape index (κ3) is 4.55. The van der Waals surface area contributed by atoms with Gasteiger partial charge in [-0.25, -0.2) is 18.0 Å². The molecule has 20 heavy (non-hydrogen) atoms. The number of hydrogen-bond donors (Lipinski definition) is 2. The summed E-state index contributed by atoms with van der Waals surface area (Å²) in [7, 11) is -3.16. The summed E-state index contributed by atoms with van der Waals surface area (Å²) >= 11 is 1.43. The maximum atomic E-state index is 12.1. The van der Waals surface area contributed by atoms with Crippen LogP contribution in [0.25, 0.3) is 0 Å². The van der Waals surface area contributed by atoms with Crippen LogP contribution >= 0.6 is 11.8 Å². The molecule has 1 heterocycles. The summed E-state index contributed by atoms with van der Waals surface area (Å²) in [6.07, 6.45) is 1.09. The van der Waals surface area contributed by atoms with E-state index in [2.05, 4.69) is 5.32 Å². The van der Waals surface area contributed by atoms with Crippen molar-refractivity contribution in [3.63, 3.8) is 0 Å². The summed E-state index contributed by atoms with van der Waals surface area (Å²) in [6.45, 7) is 3.81. The fourth-order valence-corrected chi connectivity index (χ4v) is 3.87. The molecule has 1 aliphatic rings. The summed E-state index contributed by atoms with van der Waals surface area (Å²) in [4.78, 5) is 24.6. The average molecular weight is 324 g/mol. The van der Waals surface area contributed by atoms with Crippen molar-refractivity contribution in [2.45, 2.75) is 25.3 Å². The van der Waals surface area contributed by atoms with E-state index in [4.69, 9.17) is 5.11 Å². The van der Waals surface area contributed by atoms with Gasteiger partial charge in [0, 0.05) is 18.6 Å². The molecule has 0 saturated carbocycles. The van der Waals surface area contributed by atoms with E-state index in [1.807, 2.05) is 13.8 Å². The van der Waals surface area contributed by atoms with Gasteiger partial charge in [0.25, 0.3) is 0 Å². The Morgan fingerprint density at radius 2 is 2.05 bits per heavy atom. The molecule has 2 N–H and O–H groups in total. The Hall–Kier alpha value is -0.960. The van der Waals surface area contributed by atoms with Crippen LogP contribution in [0.5, 0.6) is 0 Å². The highest BCUT2D eigenvalue weighted by Crippen LogP contribution is 2.33. The predicted octanol–water partition coefficient (Wildman–Crippen LogP) is 0.225. The zero-order valence-electron chi connectivity index (χ0n) is 11.7. The molecule has 0 bridgehead atoms. The molecule has 0 aromatic rings. The van der Waals surface area contributed by atoms with Crippen molar-refractivity contribution < 1.29 is 23.1 Å². The fourth-order valence-electron chi connectivity index (χ4n) is 1.92. The van der Waals surface area contributed by atoms with E-state index < -0.39 is 27.9 Å². The van der Waals surface area contributed by atoms with Gasteiger partial charge in [-0.05, 0) is 5.92 Å². The third-order valence-electron chi connectivity index (χ3n) is 2.87. The second-order valence-electron chi connectivity index (χ2n) is 5.09. The molecule has 0 aliphatic carbocycles. The van der Waals surface area contributed by atoms with Gasteiger partial charge in [-0.2, -0.15) is 0 Å². The molecule has 2 amide bonds. The van der Waals surface area contributed by atoms with Crippen LogP contribution in [0.1, 0.15) is 13.8 Å². The molecule has 0 spiro atoms. The molecule has 116 valence electrons. The van der Waals surface area contributed by atoms with E-state index in [9.17, 15) is 18.0 Å². The Labute approximate surface area is 123 Å². The first-order valence-electron chi connectivity index (χ1n) is 6.22. The molecule has 2 unspecified atom stereocenters. The zero-order chi connectivity index (χ0) is 15.5. The number of carboxylic acid groups (broad SMARTS) is 1. The fraction of sp³-hybridized carbons (Fsp3) is 0.818. The van der Waals surface area contributed by atoms with Crippen LogP contribution in [-0.4, -0.2) is 66.1 Å². The van der Waals surface area contributed by atoms with Gasteiger partial charge in [0.1, 0.15) is 15.9 Å². The van der Waals surface area contributed by atoms with Crippen molar-refractivity contribution in [1.82, 2.24) is 10.2 Å². The first-order chi connectivity index (χ1) is 9.13. The molecule has 1 rings (SSSR count). The van der Waals surface area contributed by atoms with Gasteiger partial charge in [0.05, 0.1) is 11.1 Å². The van der Waals surface area contributed by atoms with Crippen molar-refractivity contribution in [3.05, 3.63) is 0 Å². The minimum absolute atomic E-state index is 0.0179. The van der Waals surface area contributed by atoms with Crippen LogP contribution in [0.4, 0.5) is 4.79 Å². The molecule has 7 nitrogen and oxygen atoms in total. The van der Waals surface area contributed by atoms with Crippen molar-refractivity contribution in [2.75, 3.05) is 24.3 Å². The molecule has 1 aliphatic heterocycles. The number of amides is 2. The zero-order valence-corrected chi connectivity index (χ0v) is 13.3. The lowest BCUT2D eigenvalue weighted by atomic mass is 10.2. The molecule has 1 fully saturated rings. The molecule has 9 heteroatoms. The maximum Gasteiger partial charge on any atom is 0.327 e. The summed E-state index contributed by atoms with van der Waals surface area (Å²) in [5, 5.41) is 11.4. The lowest BCUT2D eigenvalue weighted by Crippen LogP contribution is -2.52. The topological polar surface area (TPSA) is 104 Å². The number of hydrogen-bond acceptors (Lipinski definition) is 5. The van der Waals surface area contributed by atoms with Crippen molar-refractivity contribution in [3.8, 4) is 0 Å². The normalized spacial score (nSPS) is 23.1. The molecular weight excluding hydrogens is 304 g/mol. The van der Waals surface area contributed by atoms with Gasteiger partial charge in [0.2, 0.25) is 0 Å². The van der Waals surface area contributed by atoms with Crippen LogP contribution in [0.3, 0.4) is 0 Å². The van der Waals surface area contributed by atoms with Gasteiger partial charge in [0.15, 0.2) is 0 Å². The Balaban J connectivity index is 2.72. The number of sulfone groups is 1. The number of nitrogens with zero attached hydrogens (tertiary/aromatic N) is 1. The number of carboxylic acids is 1. The van der Waals surface area contributed by atoms with Crippen LogP contribution in [0.15, 0.2) is 0 Å². The SMILES string of the molecule is CC(C)C1SCC(C(=O)O)N1C(=O)NCCS(C)(=O)=O. The molecule has 0 aromatic carbocycles. The number of carbonyl (C=O) groups excluding carboxylic acids is 1. The first-order valence-corrected chi connectivity index (χ1v) is 9.32. The van der Waals surface area contributed by atoms with Gasteiger partial charge in [-0.3, -0.25) is 4.90 Å². The maximum absolute atomic E-state index is 12.1. The van der Waals surface area contributed by atoms with E-state index in [0.29, 0.717) is 5.75 Å². The number of aliphatic carboxylic acids is 1. The largest absolute Gasteiger partial charge is 0.480 e. The highest BCUT2D eigenvalue weighted by atomic mass is 32.2. The van der Waals surface area contributed by atoms with Gasteiger partial charge in [-0.1, -0.05) is 13.8 Å². The first kappa shape index (κ1) is 17.1. The Morgan fingerprint density at radius 1 is 1.45 bits per heavy atom. The molecule has 0 aromatic heterocycles. The van der Waals surface area contributed by atoms with Crippen molar-refractivity contribution in [1.29, 1.82) is 0 Å². The number of carbonyl (C=O) groups is 2. The lowest BCUT2D eigenvalue weighted by molar-refractivity contribution is -0.141. The van der Waals surface area contributed by atoms with E-state index in [-0.39, 0.29) is 23.6 Å². The van der Waals surface area contributed by atoms with Gasteiger partial charge < -0.3 is 10.4 Å². The van der Waals surface area contributed by atoms with E-state index in [1.54, 1.807) is 0 Å².